The highest BCUT2D eigenvalue weighted by Crippen LogP contribution is 2.31. The molecule has 0 bridgehead atoms. The van der Waals surface area contributed by atoms with E-state index in [4.69, 9.17) is 4.52 Å². The van der Waals surface area contributed by atoms with Crippen LogP contribution in [0.5, 0.6) is 0 Å². The van der Waals surface area contributed by atoms with Gasteiger partial charge in [0.05, 0.1) is 5.69 Å². The Kier molecular flexibility index (Phi) is 5.20. The van der Waals surface area contributed by atoms with Crippen molar-refractivity contribution in [3.8, 4) is 0 Å². The molecule has 0 radical (unpaired) electrons. The SMILES string of the molecule is Cc1cc(C)n(CCC(=O)N2CCCC[C@@H]2c2nc(C(C)C)no2)n1. The fourth-order valence-electron chi connectivity index (χ4n) is 3.35. The fraction of sp³-hybridized carbons (Fsp3) is 0.667. The number of amides is 1. The Labute approximate surface area is 148 Å². The molecule has 136 valence electrons. The average molecular weight is 345 g/mol. The molecule has 25 heavy (non-hydrogen) atoms. The predicted octanol–water partition coefficient (Wildman–Crippen LogP) is 3.15. The van der Waals surface area contributed by atoms with Gasteiger partial charge in [-0.3, -0.25) is 9.48 Å². The summed E-state index contributed by atoms with van der Waals surface area (Å²) < 4.78 is 7.36. The van der Waals surface area contributed by atoms with E-state index < -0.39 is 0 Å². The van der Waals surface area contributed by atoms with Gasteiger partial charge in [-0.05, 0) is 39.2 Å². The van der Waals surface area contributed by atoms with E-state index in [-0.39, 0.29) is 17.9 Å². The Morgan fingerprint density at radius 2 is 2.16 bits per heavy atom. The summed E-state index contributed by atoms with van der Waals surface area (Å²) in [6, 6.07) is 1.93. The van der Waals surface area contributed by atoms with Gasteiger partial charge in [0, 0.05) is 31.1 Å². The molecular weight excluding hydrogens is 318 g/mol. The van der Waals surface area contributed by atoms with Crippen LogP contribution in [-0.4, -0.2) is 37.3 Å². The van der Waals surface area contributed by atoms with E-state index in [1.165, 1.54) is 0 Å². The number of aryl methyl sites for hydroxylation is 3. The van der Waals surface area contributed by atoms with Crippen molar-refractivity contribution in [1.82, 2.24) is 24.8 Å². The quantitative estimate of drug-likeness (QED) is 0.832. The Hall–Kier alpha value is -2.18. The summed E-state index contributed by atoms with van der Waals surface area (Å²) in [5.74, 6) is 1.62. The molecule has 7 nitrogen and oxygen atoms in total. The lowest BCUT2D eigenvalue weighted by Crippen LogP contribution is -2.39. The van der Waals surface area contributed by atoms with Crippen molar-refractivity contribution in [3.05, 3.63) is 29.2 Å². The van der Waals surface area contributed by atoms with E-state index in [0.29, 0.717) is 24.7 Å². The summed E-state index contributed by atoms with van der Waals surface area (Å²) in [4.78, 5) is 19.2. The van der Waals surface area contributed by atoms with Gasteiger partial charge in [-0.1, -0.05) is 19.0 Å². The maximum atomic E-state index is 12.8. The van der Waals surface area contributed by atoms with Crippen LogP contribution in [0.1, 0.15) is 74.6 Å². The molecular formula is C18H27N5O2. The van der Waals surface area contributed by atoms with Crippen molar-refractivity contribution in [2.75, 3.05) is 6.54 Å². The van der Waals surface area contributed by atoms with Crippen molar-refractivity contribution in [1.29, 1.82) is 0 Å². The molecule has 1 fully saturated rings. The highest BCUT2D eigenvalue weighted by atomic mass is 16.5. The molecule has 1 aliphatic heterocycles. The molecule has 1 atom stereocenters. The number of piperidine rings is 1. The average Bonchev–Trinajstić information content (AvgIpc) is 3.19. The van der Waals surface area contributed by atoms with E-state index >= 15 is 0 Å². The van der Waals surface area contributed by atoms with Crippen LogP contribution in [0.3, 0.4) is 0 Å². The molecule has 1 aliphatic rings. The zero-order valence-corrected chi connectivity index (χ0v) is 15.5. The second-order valence-electron chi connectivity index (χ2n) is 7.14. The molecule has 0 aliphatic carbocycles. The predicted molar refractivity (Wildman–Crippen MR) is 93.0 cm³/mol. The van der Waals surface area contributed by atoms with Gasteiger partial charge in [0.1, 0.15) is 6.04 Å². The van der Waals surface area contributed by atoms with E-state index in [9.17, 15) is 4.79 Å². The third-order valence-electron chi connectivity index (χ3n) is 4.72. The summed E-state index contributed by atoms with van der Waals surface area (Å²) in [6.07, 6.45) is 3.41. The number of likely N-dealkylation sites (tertiary alicyclic amines) is 1. The van der Waals surface area contributed by atoms with Gasteiger partial charge in [-0.2, -0.15) is 10.1 Å². The second kappa shape index (κ2) is 7.37. The maximum absolute atomic E-state index is 12.8. The number of hydrogen-bond donors (Lipinski definition) is 0. The fourth-order valence-corrected chi connectivity index (χ4v) is 3.35. The van der Waals surface area contributed by atoms with Crippen molar-refractivity contribution >= 4 is 5.91 Å². The first kappa shape index (κ1) is 17.6. The third kappa shape index (κ3) is 3.91. The normalized spacial score (nSPS) is 18.1. The van der Waals surface area contributed by atoms with Crippen molar-refractivity contribution in [2.45, 2.75) is 71.9 Å². The minimum absolute atomic E-state index is 0.0956. The molecule has 0 unspecified atom stereocenters. The summed E-state index contributed by atoms with van der Waals surface area (Å²) in [6.45, 7) is 9.40. The highest BCUT2D eigenvalue weighted by molar-refractivity contribution is 5.76. The van der Waals surface area contributed by atoms with Gasteiger partial charge >= 0.3 is 0 Å². The van der Waals surface area contributed by atoms with Gasteiger partial charge in [-0.15, -0.1) is 0 Å². The highest BCUT2D eigenvalue weighted by Gasteiger charge is 2.32. The van der Waals surface area contributed by atoms with Gasteiger partial charge in [0.2, 0.25) is 11.8 Å². The minimum atomic E-state index is -0.0956. The molecule has 3 rings (SSSR count). The summed E-state index contributed by atoms with van der Waals surface area (Å²) in [5.41, 5.74) is 2.06. The Balaban J connectivity index is 1.69. The van der Waals surface area contributed by atoms with Crippen LogP contribution in [0, 0.1) is 13.8 Å². The lowest BCUT2D eigenvalue weighted by Gasteiger charge is -2.33. The minimum Gasteiger partial charge on any atom is -0.337 e. The number of rotatable bonds is 5. The van der Waals surface area contributed by atoms with Crippen LogP contribution in [0.2, 0.25) is 0 Å². The lowest BCUT2D eigenvalue weighted by atomic mass is 10.0. The van der Waals surface area contributed by atoms with E-state index in [1.807, 2.05) is 43.3 Å². The molecule has 1 amide bonds. The summed E-state index contributed by atoms with van der Waals surface area (Å²) >= 11 is 0. The molecule has 0 saturated carbocycles. The van der Waals surface area contributed by atoms with Crippen molar-refractivity contribution in [3.63, 3.8) is 0 Å². The van der Waals surface area contributed by atoms with Crippen molar-refractivity contribution in [2.24, 2.45) is 0 Å². The van der Waals surface area contributed by atoms with Gasteiger partial charge in [0.25, 0.3) is 0 Å². The molecule has 2 aromatic heterocycles. The summed E-state index contributed by atoms with van der Waals surface area (Å²) in [5, 5.41) is 8.49. The summed E-state index contributed by atoms with van der Waals surface area (Å²) in [7, 11) is 0. The van der Waals surface area contributed by atoms with Crippen LogP contribution in [-0.2, 0) is 11.3 Å². The number of carbonyl (C=O) groups is 1. The van der Waals surface area contributed by atoms with Crippen LogP contribution in [0.15, 0.2) is 10.6 Å². The molecule has 0 N–H and O–H groups in total. The van der Waals surface area contributed by atoms with Crippen LogP contribution in [0.25, 0.3) is 0 Å². The Morgan fingerprint density at radius 1 is 1.36 bits per heavy atom. The second-order valence-corrected chi connectivity index (χ2v) is 7.14. The number of carbonyl (C=O) groups excluding carboxylic acids is 1. The molecule has 0 aromatic carbocycles. The first-order valence-corrected chi connectivity index (χ1v) is 9.09. The standard InChI is InChI=1S/C18H27N5O2/c1-12(2)17-19-18(25-21-17)15-7-5-6-9-22(15)16(24)8-10-23-14(4)11-13(3)20-23/h11-12,15H,5-10H2,1-4H3/t15-/m1/s1. The number of nitrogens with zero attached hydrogens (tertiary/aromatic N) is 5. The lowest BCUT2D eigenvalue weighted by molar-refractivity contribution is -0.136. The van der Waals surface area contributed by atoms with Crippen LogP contribution in [0.4, 0.5) is 0 Å². The van der Waals surface area contributed by atoms with Gasteiger partial charge in [0.15, 0.2) is 5.82 Å². The molecule has 2 aromatic rings. The maximum Gasteiger partial charge on any atom is 0.249 e. The van der Waals surface area contributed by atoms with E-state index in [1.54, 1.807) is 0 Å². The Morgan fingerprint density at radius 3 is 2.80 bits per heavy atom. The molecule has 0 spiro atoms. The monoisotopic (exact) mass is 345 g/mol. The molecule has 7 heteroatoms. The molecule has 3 heterocycles. The first-order chi connectivity index (χ1) is 12.0. The van der Waals surface area contributed by atoms with Crippen molar-refractivity contribution < 1.29 is 9.32 Å². The van der Waals surface area contributed by atoms with E-state index in [0.717, 1.165) is 37.2 Å². The zero-order chi connectivity index (χ0) is 18.0. The van der Waals surface area contributed by atoms with Gasteiger partial charge < -0.3 is 9.42 Å². The third-order valence-corrected chi connectivity index (χ3v) is 4.72. The van der Waals surface area contributed by atoms with Gasteiger partial charge in [-0.25, -0.2) is 0 Å². The first-order valence-electron chi connectivity index (χ1n) is 9.09. The largest absolute Gasteiger partial charge is 0.337 e. The smallest absolute Gasteiger partial charge is 0.249 e. The molecule has 1 saturated heterocycles. The Bertz CT molecular complexity index is 734. The number of aromatic nitrogens is 4. The number of hydrogen-bond acceptors (Lipinski definition) is 5. The van der Waals surface area contributed by atoms with E-state index in [2.05, 4.69) is 15.2 Å². The topological polar surface area (TPSA) is 77.0 Å². The van der Waals surface area contributed by atoms with Crippen LogP contribution < -0.4 is 0 Å². The zero-order valence-electron chi connectivity index (χ0n) is 15.5. The van der Waals surface area contributed by atoms with Crippen LogP contribution >= 0.6 is 0 Å².